The summed E-state index contributed by atoms with van der Waals surface area (Å²) < 4.78 is 7.24. The maximum Gasteiger partial charge on any atom is 0.158 e. The molecule has 2 fully saturated rings. The highest BCUT2D eigenvalue weighted by molar-refractivity contribution is 5.88. The lowest BCUT2D eigenvalue weighted by molar-refractivity contribution is -0.0448. The zero-order valence-electron chi connectivity index (χ0n) is 19.8. The molecule has 1 saturated carbocycles. The summed E-state index contributed by atoms with van der Waals surface area (Å²) in [5.41, 5.74) is 9.12. The van der Waals surface area contributed by atoms with E-state index in [0.717, 1.165) is 58.6 Å². The Bertz CT molecular complexity index is 1290. The highest BCUT2D eigenvalue weighted by Crippen LogP contribution is 2.40. The average Bonchev–Trinajstić information content (AvgIpc) is 3.41. The lowest BCUT2D eigenvalue weighted by Crippen LogP contribution is -2.30. The van der Waals surface area contributed by atoms with Gasteiger partial charge in [-0.1, -0.05) is 13.8 Å². The number of nitrogens with zero attached hydrogens (tertiary/aromatic N) is 4. The average molecular weight is 444 g/mol. The fourth-order valence-corrected chi connectivity index (χ4v) is 5.93. The number of fused-ring (bicyclic) bond motifs is 2. The van der Waals surface area contributed by atoms with Crippen LogP contribution in [0.4, 0.5) is 0 Å². The number of aromatic amines is 1. The normalized spacial score (nSPS) is 21.8. The van der Waals surface area contributed by atoms with Gasteiger partial charge in [-0.3, -0.25) is 4.98 Å². The van der Waals surface area contributed by atoms with Crippen LogP contribution in [0.1, 0.15) is 74.6 Å². The van der Waals surface area contributed by atoms with Crippen molar-refractivity contribution in [2.75, 3.05) is 13.2 Å². The van der Waals surface area contributed by atoms with Crippen LogP contribution in [0.2, 0.25) is 0 Å². The molecule has 0 amide bonds. The molecule has 1 saturated heterocycles. The van der Waals surface area contributed by atoms with Crippen molar-refractivity contribution in [2.45, 2.75) is 64.7 Å². The van der Waals surface area contributed by atoms with Gasteiger partial charge >= 0.3 is 0 Å². The largest absolute Gasteiger partial charge is 0.381 e. The molecule has 1 aliphatic heterocycles. The molecule has 0 spiro atoms. The van der Waals surface area contributed by atoms with Crippen LogP contribution in [0.25, 0.3) is 27.9 Å². The zero-order valence-corrected chi connectivity index (χ0v) is 19.8. The van der Waals surface area contributed by atoms with Crippen LogP contribution in [0.3, 0.4) is 0 Å². The molecule has 1 N–H and O–H groups in total. The second kappa shape index (κ2) is 8.24. The maximum absolute atomic E-state index is 5.37. The second-order valence-corrected chi connectivity index (χ2v) is 10.5. The number of rotatable bonds is 5. The van der Waals surface area contributed by atoms with Crippen molar-refractivity contribution in [2.24, 2.45) is 11.8 Å². The molecule has 172 valence electrons. The molecule has 0 bridgehead atoms. The first-order valence-electron chi connectivity index (χ1n) is 12.5. The number of pyridine rings is 2. The molecule has 6 rings (SSSR count). The van der Waals surface area contributed by atoms with Crippen molar-refractivity contribution >= 4 is 16.7 Å². The van der Waals surface area contributed by atoms with Gasteiger partial charge in [0, 0.05) is 34.9 Å². The molecule has 0 unspecified atom stereocenters. The van der Waals surface area contributed by atoms with E-state index in [4.69, 9.17) is 9.72 Å². The van der Waals surface area contributed by atoms with Crippen molar-refractivity contribution in [3.63, 3.8) is 0 Å². The molecule has 4 aromatic heterocycles. The monoisotopic (exact) mass is 443 g/mol. The highest BCUT2D eigenvalue weighted by atomic mass is 16.5. The fraction of sp³-hybridized carbons (Fsp3) is 0.519. The lowest BCUT2D eigenvalue weighted by atomic mass is 9.76. The third kappa shape index (κ3) is 3.74. The zero-order chi connectivity index (χ0) is 22.5. The van der Waals surface area contributed by atoms with E-state index < -0.39 is 0 Å². The van der Waals surface area contributed by atoms with E-state index >= 15 is 0 Å². The van der Waals surface area contributed by atoms with Gasteiger partial charge in [0.15, 0.2) is 5.65 Å². The van der Waals surface area contributed by atoms with Crippen LogP contribution in [-0.4, -0.2) is 37.8 Å². The molecule has 2 aliphatic rings. The molecule has 0 atom stereocenters. The number of H-pyrrole nitrogens is 1. The third-order valence-corrected chi connectivity index (χ3v) is 7.76. The van der Waals surface area contributed by atoms with Crippen LogP contribution >= 0.6 is 0 Å². The van der Waals surface area contributed by atoms with Gasteiger partial charge in [0.05, 0.1) is 29.9 Å². The summed E-state index contributed by atoms with van der Waals surface area (Å²) in [4.78, 5) is 13.3. The summed E-state index contributed by atoms with van der Waals surface area (Å²) in [6, 6.07) is 6.70. The van der Waals surface area contributed by atoms with Gasteiger partial charge in [-0.15, -0.1) is 0 Å². The Balaban J connectivity index is 1.32. The Labute approximate surface area is 194 Å². The summed E-state index contributed by atoms with van der Waals surface area (Å²) in [6.45, 7) is 8.58. The van der Waals surface area contributed by atoms with E-state index in [-0.39, 0.29) is 0 Å². The lowest BCUT2D eigenvalue weighted by Gasteiger charge is -2.34. The number of hydrogen-bond donors (Lipinski definition) is 1. The van der Waals surface area contributed by atoms with Gasteiger partial charge in [-0.25, -0.2) is 9.50 Å². The second-order valence-electron chi connectivity index (χ2n) is 10.5. The molecular weight excluding hydrogens is 410 g/mol. The summed E-state index contributed by atoms with van der Waals surface area (Å²) in [5.74, 6) is 2.63. The fourth-order valence-electron chi connectivity index (χ4n) is 5.93. The molecular formula is C27H33N5O. The Kier molecular flexibility index (Phi) is 5.21. The number of hydrogen-bond acceptors (Lipinski definition) is 4. The van der Waals surface area contributed by atoms with Crippen molar-refractivity contribution in [3.8, 4) is 11.3 Å². The summed E-state index contributed by atoms with van der Waals surface area (Å²) in [7, 11) is 0. The summed E-state index contributed by atoms with van der Waals surface area (Å²) in [6.07, 6.45) is 10.2. The van der Waals surface area contributed by atoms with Crippen molar-refractivity contribution in [1.82, 2.24) is 24.6 Å². The molecule has 0 aromatic carbocycles. The van der Waals surface area contributed by atoms with Crippen molar-refractivity contribution in [1.29, 1.82) is 0 Å². The van der Waals surface area contributed by atoms with Crippen LogP contribution < -0.4 is 0 Å². The van der Waals surface area contributed by atoms with Gasteiger partial charge in [0.1, 0.15) is 6.33 Å². The third-order valence-electron chi connectivity index (χ3n) is 7.76. The Morgan fingerprint density at radius 2 is 1.94 bits per heavy atom. The van der Waals surface area contributed by atoms with E-state index in [0.29, 0.717) is 11.8 Å². The van der Waals surface area contributed by atoms with Gasteiger partial charge in [0.25, 0.3) is 0 Å². The minimum Gasteiger partial charge on any atom is -0.381 e. The molecule has 0 radical (unpaired) electrons. The van der Waals surface area contributed by atoms with E-state index in [9.17, 15) is 0 Å². The first-order valence-corrected chi connectivity index (χ1v) is 12.5. The van der Waals surface area contributed by atoms with E-state index in [1.54, 1.807) is 6.33 Å². The van der Waals surface area contributed by atoms with Crippen molar-refractivity contribution in [3.05, 3.63) is 47.5 Å². The Morgan fingerprint density at radius 1 is 1.12 bits per heavy atom. The first kappa shape index (κ1) is 20.8. The van der Waals surface area contributed by atoms with Gasteiger partial charge in [-0.05, 0) is 74.6 Å². The number of nitrogens with one attached hydrogen (secondary N) is 1. The molecule has 6 heteroatoms. The van der Waals surface area contributed by atoms with E-state index in [1.165, 1.54) is 43.4 Å². The molecule has 33 heavy (non-hydrogen) atoms. The quantitative estimate of drug-likeness (QED) is 0.410. The minimum absolute atomic E-state index is 0.365. The Morgan fingerprint density at radius 3 is 2.67 bits per heavy atom. The summed E-state index contributed by atoms with van der Waals surface area (Å²) in [5, 5.41) is 4.37. The van der Waals surface area contributed by atoms with E-state index in [1.807, 2.05) is 4.52 Å². The molecule has 1 aliphatic carbocycles. The predicted octanol–water partition coefficient (Wildman–Crippen LogP) is 6.01. The maximum atomic E-state index is 5.37. The van der Waals surface area contributed by atoms with Crippen LogP contribution in [0.15, 0.2) is 30.7 Å². The van der Waals surface area contributed by atoms with Crippen LogP contribution in [0, 0.1) is 18.8 Å². The Hall–Kier alpha value is -2.73. The van der Waals surface area contributed by atoms with E-state index in [2.05, 4.69) is 60.2 Å². The number of aromatic nitrogens is 5. The predicted molar refractivity (Wildman–Crippen MR) is 131 cm³/mol. The molecule has 6 nitrogen and oxygen atoms in total. The van der Waals surface area contributed by atoms with Crippen molar-refractivity contribution < 1.29 is 4.74 Å². The topological polar surface area (TPSA) is 68.1 Å². The first-order chi connectivity index (χ1) is 16.1. The van der Waals surface area contributed by atoms with Gasteiger partial charge < -0.3 is 9.72 Å². The minimum atomic E-state index is 0.365. The molecule has 5 heterocycles. The SMILES string of the molecule is Cc1cc(-c2[nH]c3ccc(C4CCC(CC5COC5)CC4)nc3c2C(C)C)cn2ncnc12. The standard InChI is InChI=1S/C27H33N5O/c1-16(2)24-25(21-10-17(3)27-28-15-29-32(27)12-21)31-23-9-8-22(30-26(23)24)20-6-4-18(5-7-20)11-19-13-33-14-19/h8-10,12,15-16,18-20,31H,4-7,11,13-14H2,1-3H3. The number of ether oxygens (including phenoxy) is 1. The van der Waals surface area contributed by atoms with Gasteiger partial charge in [-0.2, -0.15) is 5.10 Å². The van der Waals surface area contributed by atoms with Crippen LogP contribution in [0.5, 0.6) is 0 Å². The molecule has 4 aromatic rings. The van der Waals surface area contributed by atoms with Crippen LogP contribution in [-0.2, 0) is 4.74 Å². The number of aryl methyl sites for hydroxylation is 1. The summed E-state index contributed by atoms with van der Waals surface area (Å²) >= 11 is 0. The van der Waals surface area contributed by atoms with Gasteiger partial charge in [0.2, 0.25) is 0 Å². The smallest absolute Gasteiger partial charge is 0.158 e. The highest BCUT2D eigenvalue weighted by Gasteiger charge is 2.28.